The number of nitro groups is 1. The minimum absolute atomic E-state index is 0.0156. The van der Waals surface area contributed by atoms with Gasteiger partial charge in [0.25, 0.3) is 11.6 Å². The topological polar surface area (TPSA) is 130 Å². The van der Waals surface area contributed by atoms with Gasteiger partial charge in [0.15, 0.2) is 0 Å². The lowest BCUT2D eigenvalue weighted by Crippen LogP contribution is -2.41. The Hall–Kier alpha value is -3.27. The third-order valence-corrected chi connectivity index (χ3v) is 4.44. The van der Waals surface area contributed by atoms with Crippen molar-refractivity contribution in [3.8, 4) is 0 Å². The van der Waals surface area contributed by atoms with E-state index in [-0.39, 0.29) is 23.7 Å². The monoisotopic (exact) mass is 359 g/mol. The highest BCUT2D eigenvalue weighted by Crippen LogP contribution is 2.22. The molecule has 1 aromatic carbocycles. The molecule has 3 rings (SSSR count). The van der Waals surface area contributed by atoms with Crippen molar-refractivity contribution in [3.63, 3.8) is 0 Å². The molecule has 0 aliphatic rings. The first-order valence-corrected chi connectivity index (χ1v) is 8.11. The molecule has 10 heteroatoms. The van der Waals surface area contributed by atoms with Crippen molar-refractivity contribution in [1.82, 2.24) is 20.8 Å². The highest BCUT2D eigenvalue weighted by molar-refractivity contribution is 7.18. The highest BCUT2D eigenvalue weighted by Gasteiger charge is 2.15. The number of hydrazine groups is 1. The summed E-state index contributed by atoms with van der Waals surface area (Å²) in [4.78, 5) is 40.4. The molecule has 0 unspecified atom stereocenters. The number of aromatic nitrogens is 2. The first-order chi connectivity index (χ1) is 12.0. The lowest BCUT2D eigenvalue weighted by atomic mass is 10.3. The molecule has 0 spiro atoms. The Morgan fingerprint density at radius 3 is 2.80 bits per heavy atom. The van der Waals surface area contributed by atoms with Crippen LogP contribution in [0, 0.1) is 10.1 Å². The smallest absolute Gasteiger partial charge is 0.287 e. The number of carbonyl (C=O) groups excluding carboxylic acids is 2. The van der Waals surface area contributed by atoms with E-state index in [4.69, 9.17) is 0 Å². The van der Waals surface area contributed by atoms with Crippen LogP contribution >= 0.6 is 11.3 Å². The largest absolute Gasteiger partial charge is 0.351 e. The highest BCUT2D eigenvalue weighted by atomic mass is 32.1. The van der Waals surface area contributed by atoms with Crippen LogP contribution in [-0.4, -0.2) is 26.7 Å². The quantitative estimate of drug-likeness (QED) is 0.473. The van der Waals surface area contributed by atoms with Crippen molar-refractivity contribution in [3.05, 3.63) is 57.3 Å². The molecule has 0 aliphatic heterocycles. The molecule has 0 bridgehead atoms. The second-order valence-electron chi connectivity index (χ2n) is 5.11. The molecule has 3 N–H and O–H groups in total. The van der Waals surface area contributed by atoms with Crippen LogP contribution in [-0.2, 0) is 11.2 Å². The molecule has 2 aromatic heterocycles. The SMILES string of the molecule is O=C(CCc1nc2ccccc2s1)NNC(=O)c1cc([N+](=O)[O-])c[nH]1. The summed E-state index contributed by atoms with van der Waals surface area (Å²) in [6, 6.07) is 8.79. The van der Waals surface area contributed by atoms with Crippen molar-refractivity contribution in [2.24, 2.45) is 0 Å². The van der Waals surface area contributed by atoms with Gasteiger partial charge in [-0.2, -0.15) is 0 Å². The number of hydrogen-bond acceptors (Lipinski definition) is 6. The molecule has 0 atom stereocenters. The Morgan fingerprint density at radius 2 is 2.08 bits per heavy atom. The van der Waals surface area contributed by atoms with Crippen LogP contribution in [0.1, 0.15) is 21.9 Å². The summed E-state index contributed by atoms with van der Waals surface area (Å²) in [5.41, 5.74) is 5.12. The van der Waals surface area contributed by atoms with Gasteiger partial charge >= 0.3 is 0 Å². The van der Waals surface area contributed by atoms with Crippen LogP contribution in [0.2, 0.25) is 0 Å². The van der Waals surface area contributed by atoms with Gasteiger partial charge in [-0.3, -0.25) is 30.6 Å². The van der Waals surface area contributed by atoms with Gasteiger partial charge in [0.1, 0.15) is 5.69 Å². The van der Waals surface area contributed by atoms with E-state index in [2.05, 4.69) is 20.8 Å². The summed E-state index contributed by atoms with van der Waals surface area (Å²) in [6.45, 7) is 0. The van der Waals surface area contributed by atoms with Gasteiger partial charge < -0.3 is 4.98 Å². The van der Waals surface area contributed by atoms with Crippen molar-refractivity contribution in [2.45, 2.75) is 12.8 Å². The number of para-hydroxylation sites is 1. The zero-order chi connectivity index (χ0) is 17.8. The van der Waals surface area contributed by atoms with E-state index in [1.807, 2.05) is 24.3 Å². The zero-order valence-corrected chi connectivity index (χ0v) is 13.6. The molecule has 0 radical (unpaired) electrons. The van der Waals surface area contributed by atoms with Gasteiger partial charge in [0.2, 0.25) is 5.91 Å². The van der Waals surface area contributed by atoms with E-state index in [0.29, 0.717) is 6.42 Å². The van der Waals surface area contributed by atoms with Crippen LogP contribution in [0.25, 0.3) is 10.2 Å². The number of aryl methyl sites for hydroxylation is 1. The predicted octanol–water partition coefficient (Wildman–Crippen LogP) is 1.93. The fraction of sp³-hybridized carbons (Fsp3) is 0.133. The average molecular weight is 359 g/mol. The molecule has 2 amide bonds. The van der Waals surface area contributed by atoms with E-state index in [1.165, 1.54) is 11.3 Å². The maximum Gasteiger partial charge on any atom is 0.287 e. The molecule has 0 saturated carbocycles. The summed E-state index contributed by atoms with van der Waals surface area (Å²) < 4.78 is 1.06. The fourth-order valence-electron chi connectivity index (χ4n) is 2.12. The Bertz CT molecular complexity index is 915. The minimum atomic E-state index is -0.665. The zero-order valence-electron chi connectivity index (χ0n) is 12.8. The number of thiazole rings is 1. The lowest BCUT2D eigenvalue weighted by molar-refractivity contribution is -0.384. The molecule has 25 heavy (non-hydrogen) atoms. The van der Waals surface area contributed by atoms with Gasteiger partial charge in [-0.05, 0) is 12.1 Å². The van der Waals surface area contributed by atoms with Crippen molar-refractivity contribution in [2.75, 3.05) is 0 Å². The number of H-pyrrole nitrogens is 1. The first kappa shape index (κ1) is 16.6. The van der Waals surface area contributed by atoms with E-state index in [9.17, 15) is 19.7 Å². The molecular weight excluding hydrogens is 346 g/mol. The molecule has 0 saturated heterocycles. The number of aromatic amines is 1. The number of hydrogen-bond donors (Lipinski definition) is 3. The van der Waals surface area contributed by atoms with Crippen LogP contribution in [0.3, 0.4) is 0 Å². The summed E-state index contributed by atoms with van der Waals surface area (Å²) >= 11 is 1.52. The maximum absolute atomic E-state index is 11.8. The molecular formula is C15H13N5O4S. The third kappa shape index (κ3) is 3.98. The van der Waals surface area contributed by atoms with Crippen molar-refractivity contribution < 1.29 is 14.5 Å². The first-order valence-electron chi connectivity index (χ1n) is 7.29. The molecule has 0 fully saturated rings. The Labute approximate surface area is 145 Å². The van der Waals surface area contributed by atoms with Crippen LogP contribution in [0.5, 0.6) is 0 Å². The number of benzene rings is 1. The van der Waals surface area contributed by atoms with E-state index >= 15 is 0 Å². The van der Waals surface area contributed by atoms with E-state index in [0.717, 1.165) is 27.5 Å². The maximum atomic E-state index is 11.8. The van der Waals surface area contributed by atoms with Gasteiger partial charge in [-0.15, -0.1) is 11.3 Å². The number of amides is 2. The number of rotatable bonds is 5. The lowest BCUT2D eigenvalue weighted by Gasteiger charge is -2.05. The average Bonchev–Trinajstić information content (AvgIpc) is 3.24. The summed E-state index contributed by atoms with van der Waals surface area (Å²) in [7, 11) is 0. The van der Waals surface area contributed by atoms with Crippen LogP contribution in [0.4, 0.5) is 5.69 Å². The minimum Gasteiger partial charge on any atom is -0.351 e. The standard InChI is InChI=1S/C15H13N5O4S/c21-13(5-6-14-17-10-3-1-2-4-12(10)25-14)18-19-15(22)11-7-9(8-16-11)20(23)24/h1-4,7-8,16H,5-6H2,(H,18,21)(H,19,22). The number of carbonyl (C=O) groups is 2. The second-order valence-corrected chi connectivity index (χ2v) is 6.22. The number of nitrogens with one attached hydrogen (secondary N) is 3. The van der Waals surface area contributed by atoms with Gasteiger partial charge in [-0.1, -0.05) is 12.1 Å². The molecule has 128 valence electrons. The molecule has 0 aliphatic carbocycles. The van der Waals surface area contributed by atoms with Crippen LogP contribution < -0.4 is 10.9 Å². The van der Waals surface area contributed by atoms with Crippen LogP contribution in [0.15, 0.2) is 36.5 Å². The van der Waals surface area contributed by atoms with Crippen molar-refractivity contribution >= 4 is 39.1 Å². The van der Waals surface area contributed by atoms with Gasteiger partial charge in [0.05, 0.1) is 26.3 Å². The normalized spacial score (nSPS) is 10.6. The molecule has 3 aromatic rings. The Kier molecular flexibility index (Phi) is 4.70. The Balaban J connectivity index is 1.48. The fourth-order valence-corrected chi connectivity index (χ4v) is 3.09. The second kappa shape index (κ2) is 7.09. The predicted molar refractivity (Wildman–Crippen MR) is 91.0 cm³/mol. The number of nitrogens with zero attached hydrogens (tertiary/aromatic N) is 2. The van der Waals surface area contributed by atoms with Gasteiger partial charge in [0, 0.05) is 18.9 Å². The van der Waals surface area contributed by atoms with E-state index in [1.54, 1.807) is 0 Å². The molecule has 2 heterocycles. The van der Waals surface area contributed by atoms with Gasteiger partial charge in [-0.25, -0.2) is 4.98 Å². The summed E-state index contributed by atoms with van der Waals surface area (Å²) in [5.74, 6) is -1.05. The molecule has 9 nitrogen and oxygen atoms in total. The van der Waals surface area contributed by atoms with Crippen molar-refractivity contribution in [1.29, 1.82) is 0 Å². The number of fused-ring (bicyclic) bond motifs is 1. The Morgan fingerprint density at radius 1 is 1.28 bits per heavy atom. The summed E-state index contributed by atoms with van der Waals surface area (Å²) in [5, 5.41) is 11.4. The third-order valence-electron chi connectivity index (χ3n) is 3.34. The summed E-state index contributed by atoms with van der Waals surface area (Å²) in [6.07, 6.45) is 1.71. The van der Waals surface area contributed by atoms with E-state index < -0.39 is 10.8 Å².